The van der Waals surface area contributed by atoms with E-state index in [1.54, 1.807) is 0 Å². The van der Waals surface area contributed by atoms with Crippen molar-refractivity contribution in [2.45, 2.75) is 38.2 Å². The Morgan fingerprint density at radius 2 is 1.87 bits per heavy atom. The second-order valence-corrected chi connectivity index (χ2v) is 4.22. The Bertz CT molecular complexity index is 234. The Morgan fingerprint density at radius 3 is 2.33 bits per heavy atom. The number of carboxylic acids is 1. The molecule has 15 heavy (non-hydrogen) atoms. The molecule has 0 atom stereocenters. The van der Waals surface area contributed by atoms with Gasteiger partial charge in [-0.25, -0.2) is 0 Å². The van der Waals surface area contributed by atoms with Crippen molar-refractivity contribution in [3.05, 3.63) is 0 Å². The summed E-state index contributed by atoms with van der Waals surface area (Å²) in [6, 6.07) is 0. The molecule has 1 aliphatic carbocycles. The second kappa shape index (κ2) is 6.00. The average Bonchev–Trinajstić information content (AvgIpc) is 2.18. The summed E-state index contributed by atoms with van der Waals surface area (Å²) in [5, 5.41) is 8.77. The first-order valence-corrected chi connectivity index (χ1v) is 5.80. The zero-order valence-corrected chi connectivity index (χ0v) is 9.41. The highest BCUT2D eigenvalue weighted by Crippen LogP contribution is 2.26. The van der Waals surface area contributed by atoms with Crippen LogP contribution in [-0.4, -0.2) is 28.9 Å². The summed E-state index contributed by atoms with van der Waals surface area (Å²) in [5.41, 5.74) is 0. The molecule has 0 amide bonds. The number of thiol groups is 1. The van der Waals surface area contributed by atoms with Crippen molar-refractivity contribution in [3.63, 3.8) is 0 Å². The minimum Gasteiger partial charge on any atom is -0.481 e. The number of esters is 1. The first kappa shape index (κ1) is 12.4. The molecule has 5 heteroatoms. The van der Waals surface area contributed by atoms with E-state index in [1.165, 1.54) is 0 Å². The maximum absolute atomic E-state index is 11.1. The van der Waals surface area contributed by atoms with E-state index in [0.717, 1.165) is 0 Å². The van der Waals surface area contributed by atoms with Crippen LogP contribution in [0.1, 0.15) is 32.1 Å². The van der Waals surface area contributed by atoms with Crippen molar-refractivity contribution in [1.82, 2.24) is 0 Å². The van der Waals surface area contributed by atoms with Crippen molar-refractivity contribution < 1.29 is 19.4 Å². The summed E-state index contributed by atoms with van der Waals surface area (Å²) in [5.74, 6) is -0.743. The monoisotopic (exact) mass is 232 g/mol. The van der Waals surface area contributed by atoms with Crippen LogP contribution < -0.4 is 0 Å². The molecule has 86 valence electrons. The second-order valence-electron chi connectivity index (χ2n) is 3.78. The molecule has 0 radical (unpaired) electrons. The Kier molecular flexibility index (Phi) is 4.94. The molecular formula is C10H16O4S. The lowest BCUT2D eigenvalue weighted by molar-refractivity contribution is -0.152. The zero-order chi connectivity index (χ0) is 11.3. The first-order chi connectivity index (χ1) is 7.13. The lowest BCUT2D eigenvalue weighted by atomic mass is 9.87. The third kappa shape index (κ3) is 4.11. The molecule has 0 aromatic heterocycles. The van der Waals surface area contributed by atoms with E-state index < -0.39 is 5.97 Å². The lowest BCUT2D eigenvalue weighted by Crippen LogP contribution is -2.27. The van der Waals surface area contributed by atoms with Gasteiger partial charge in [-0.1, -0.05) is 0 Å². The van der Waals surface area contributed by atoms with Crippen LogP contribution in [0, 0.1) is 5.92 Å². The summed E-state index contributed by atoms with van der Waals surface area (Å²) in [6.45, 7) is 0. The molecule has 0 heterocycles. The van der Waals surface area contributed by atoms with E-state index in [9.17, 15) is 9.59 Å². The topological polar surface area (TPSA) is 63.6 Å². The van der Waals surface area contributed by atoms with Gasteiger partial charge >= 0.3 is 11.9 Å². The molecule has 0 aromatic carbocycles. The summed E-state index contributed by atoms with van der Waals surface area (Å²) in [6.07, 6.45) is 2.77. The average molecular weight is 232 g/mol. The smallest absolute Gasteiger partial charge is 0.306 e. The van der Waals surface area contributed by atoms with Crippen LogP contribution in [0.5, 0.6) is 0 Å². The van der Waals surface area contributed by atoms with Crippen molar-refractivity contribution in [3.8, 4) is 0 Å². The van der Waals surface area contributed by atoms with Gasteiger partial charge in [0.25, 0.3) is 0 Å². The van der Waals surface area contributed by atoms with Crippen LogP contribution >= 0.6 is 12.6 Å². The van der Waals surface area contributed by atoms with Crippen LogP contribution in [0.25, 0.3) is 0 Å². The minimum atomic E-state index is -0.741. The predicted octanol–water partition coefficient (Wildman–Crippen LogP) is 1.49. The number of aliphatic carboxylic acids is 1. The summed E-state index contributed by atoms with van der Waals surface area (Å²) < 4.78 is 5.18. The summed E-state index contributed by atoms with van der Waals surface area (Å²) in [4.78, 5) is 21.8. The number of hydrogen-bond acceptors (Lipinski definition) is 4. The van der Waals surface area contributed by atoms with E-state index >= 15 is 0 Å². The highest BCUT2D eigenvalue weighted by molar-refractivity contribution is 7.80. The molecule has 1 aliphatic rings. The molecule has 0 spiro atoms. The molecule has 1 rings (SSSR count). The fourth-order valence-electron chi connectivity index (χ4n) is 1.76. The van der Waals surface area contributed by atoms with Gasteiger partial charge < -0.3 is 9.84 Å². The SMILES string of the molecule is O=C(CCS)OC1CCC(C(=O)O)CC1. The van der Waals surface area contributed by atoms with Crippen LogP contribution in [0.3, 0.4) is 0 Å². The number of carbonyl (C=O) groups excluding carboxylic acids is 1. The van der Waals surface area contributed by atoms with E-state index in [0.29, 0.717) is 37.9 Å². The Balaban J connectivity index is 2.25. The van der Waals surface area contributed by atoms with Crippen molar-refractivity contribution in [2.75, 3.05) is 5.75 Å². The Morgan fingerprint density at radius 1 is 1.27 bits per heavy atom. The summed E-state index contributed by atoms with van der Waals surface area (Å²) >= 11 is 3.94. The van der Waals surface area contributed by atoms with E-state index in [1.807, 2.05) is 0 Å². The largest absolute Gasteiger partial charge is 0.481 e. The summed E-state index contributed by atoms with van der Waals surface area (Å²) in [7, 11) is 0. The standard InChI is InChI=1S/C10H16O4S/c11-9(5-6-15)14-8-3-1-7(2-4-8)10(12)13/h7-8,15H,1-6H2,(H,12,13). The molecular weight excluding hydrogens is 216 g/mol. The van der Waals surface area contributed by atoms with Gasteiger partial charge in [0, 0.05) is 5.75 Å². The molecule has 4 nitrogen and oxygen atoms in total. The maximum atomic E-state index is 11.1. The van der Waals surface area contributed by atoms with Gasteiger partial charge in [0.15, 0.2) is 0 Å². The lowest BCUT2D eigenvalue weighted by Gasteiger charge is -2.25. The van der Waals surface area contributed by atoms with E-state index in [-0.39, 0.29) is 18.0 Å². The number of hydrogen-bond donors (Lipinski definition) is 2. The van der Waals surface area contributed by atoms with Crippen molar-refractivity contribution in [1.29, 1.82) is 0 Å². The van der Waals surface area contributed by atoms with Gasteiger partial charge in [-0.05, 0) is 25.7 Å². The van der Waals surface area contributed by atoms with E-state index in [4.69, 9.17) is 9.84 Å². The number of carbonyl (C=O) groups is 2. The van der Waals surface area contributed by atoms with Crippen molar-refractivity contribution >= 4 is 24.6 Å². The molecule has 1 fully saturated rings. The van der Waals surface area contributed by atoms with Gasteiger partial charge in [-0.3, -0.25) is 9.59 Å². The van der Waals surface area contributed by atoms with Crippen molar-refractivity contribution in [2.24, 2.45) is 5.92 Å². The molecule has 1 N–H and O–H groups in total. The van der Waals surface area contributed by atoms with Gasteiger partial charge in [0.05, 0.1) is 12.3 Å². The van der Waals surface area contributed by atoms with Gasteiger partial charge in [-0.2, -0.15) is 12.6 Å². The van der Waals surface area contributed by atoms with Crippen LogP contribution in [-0.2, 0) is 14.3 Å². The Hall–Kier alpha value is -0.710. The number of rotatable bonds is 4. The van der Waals surface area contributed by atoms with Gasteiger partial charge in [0.2, 0.25) is 0 Å². The van der Waals surface area contributed by atoms with Gasteiger partial charge in [-0.15, -0.1) is 0 Å². The fourth-order valence-corrected chi connectivity index (χ4v) is 1.95. The minimum absolute atomic E-state index is 0.0898. The normalized spacial score (nSPS) is 25.9. The van der Waals surface area contributed by atoms with E-state index in [2.05, 4.69) is 12.6 Å². The number of carboxylic acid groups (broad SMARTS) is 1. The molecule has 1 saturated carbocycles. The molecule has 0 bridgehead atoms. The highest BCUT2D eigenvalue weighted by atomic mass is 32.1. The van der Waals surface area contributed by atoms with Crippen LogP contribution in [0.15, 0.2) is 0 Å². The third-order valence-corrected chi connectivity index (χ3v) is 2.86. The fraction of sp³-hybridized carbons (Fsp3) is 0.800. The molecule has 0 saturated heterocycles. The van der Waals surface area contributed by atoms with Crippen LogP contribution in [0.2, 0.25) is 0 Å². The maximum Gasteiger partial charge on any atom is 0.306 e. The van der Waals surface area contributed by atoms with Crippen LogP contribution in [0.4, 0.5) is 0 Å². The Labute approximate surface area is 94.4 Å². The molecule has 0 aromatic rings. The first-order valence-electron chi connectivity index (χ1n) is 5.16. The zero-order valence-electron chi connectivity index (χ0n) is 8.52. The quantitative estimate of drug-likeness (QED) is 0.569. The third-order valence-electron chi connectivity index (χ3n) is 2.64. The highest BCUT2D eigenvalue weighted by Gasteiger charge is 2.27. The molecule has 0 aliphatic heterocycles. The molecule has 0 unspecified atom stereocenters. The van der Waals surface area contributed by atoms with Gasteiger partial charge in [0.1, 0.15) is 6.10 Å². The predicted molar refractivity (Wildman–Crippen MR) is 57.9 cm³/mol. The number of ether oxygens (including phenoxy) is 1.